The molecule has 0 atom stereocenters. The van der Waals surface area contributed by atoms with Crippen molar-refractivity contribution >= 4 is 56.4 Å². The van der Waals surface area contributed by atoms with E-state index in [4.69, 9.17) is 16.3 Å². The zero-order valence-corrected chi connectivity index (χ0v) is 19.1. The molecule has 0 spiro atoms. The maximum absolute atomic E-state index is 13.0. The fourth-order valence-corrected chi connectivity index (χ4v) is 5.00. The Morgan fingerprint density at radius 1 is 1.33 bits per heavy atom. The minimum absolute atomic E-state index is 0.0674. The molecular formula is C21H19ClN4O6S. The number of aromatic nitrogens is 2. The van der Waals surface area contributed by atoms with E-state index in [1.165, 1.54) is 12.1 Å². The highest BCUT2D eigenvalue weighted by molar-refractivity contribution is 7.20. The number of nitrogens with zero attached hydrogens (tertiary/aromatic N) is 3. The highest BCUT2D eigenvalue weighted by Crippen LogP contribution is 2.30. The van der Waals surface area contributed by atoms with E-state index < -0.39 is 23.4 Å². The lowest BCUT2D eigenvalue weighted by Gasteiger charge is -2.08. The minimum atomic E-state index is -0.768. The molecule has 3 heterocycles. The van der Waals surface area contributed by atoms with Crippen molar-refractivity contribution in [2.75, 3.05) is 11.9 Å². The summed E-state index contributed by atoms with van der Waals surface area (Å²) in [5.41, 5.74) is -0.153. The summed E-state index contributed by atoms with van der Waals surface area (Å²) in [6.07, 6.45) is 3.60. The van der Waals surface area contributed by atoms with Crippen molar-refractivity contribution in [2.45, 2.75) is 39.2 Å². The van der Waals surface area contributed by atoms with Gasteiger partial charge in [0.2, 0.25) is 0 Å². The first-order valence-electron chi connectivity index (χ1n) is 10.2. The number of ether oxygens (including phenoxy) is 1. The summed E-state index contributed by atoms with van der Waals surface area (Å²) < 4.78 is 6.79. The van der Waals surface area contributed by atoms with Gasteiger partial charge in [-0.2, -0.15) is 0 Å². The quantitative estimate of drug-likeness (QED) is 0.326. The molecule has 0 saturated carbocycles. The average Bonchev–Trinajstić information content (AvgIpc) is 2.94. The van der Waals surface area contributed by atoms with Crippen molar-refractivity contribution in [1.82, 2.24) is 9.55 Å². The summed E-state index contributed by atoms with van der Waals surface area (Å²) in [6.45, 7) is 1.59. The average molecular weight is 491 g/mol. The molecule has 2 aromatic heterocycles. The van der Waals surface area contributed by atoms with Crippen LogP contribution in [0.25, 0.3) is 10.2 Å². The summed E-state index contributed by atoms with van der Waals surface area (Å²) in [7, 11) is 0. The summed E-state index contributed by atoms with van der Waals surface area (Å²) in [6, 6.07) is 3.79. The van der Waals surface area contributed by atoms with Crippen molar-refractivity contribution in [2.24, 2.45) is 0 Å². The van der Waals surface area contributed by atoms with Crippen molar-refractivity contribution in [1.29, 1.82) is 0 Å². The maximum atomic E-state index is 13.0. The van der Waals surface area contributed by atoms with Gasteiger partial charge in [-0.25, -0.2) is 9.78 Å². The maximum Gasteiger partial charge on any atom is 0.349 e. The predicted molar refractivity (Wildman–Crippen MR) is 123 cm³/mol. The van der Waals surface area contributed by atoms with Gasteiger partial charge in [0.1, 0.15) is 21.2 Å². The van der Waals surface area contributed by atoms with E-state index in [2.05, 4.69) is 10.3 Å². The first-order valence-corrected chi connectivity index (χ1v) is 11.4. The monoisotopic (exact) mass is 490 g/mol. The van der Waals surface area contributed by atoms with Crippen LogP contribution in [0.5, 0.6) is 0 Å². The van der Waals surface area contributed by atoms with Crippen LogP contribution in [-0.2, 0) is 22.5 Å². The molecular weight excluding hydrogens is 472 g/mol. The number of nitro benzene ring substituents is 1. The van der Waals surface area contributed by atoms with Crippen LogP contribution in [0, 0.1) is 17.0 Å². The lowest BCUT2D eigenvalue weighted by atomic mass is 10.2. The first-order chi connectivity index (χ1) is 15.8. The third-order valence-corrected chi connectivity index (χ3v) is 6.76. The molecule has 12 heteroatoms. The van der Waals surface area contributed by atoms with Gasteiger partial charge in [-0.05, 0) is 37.5 Å². The number of carbonyl (C=O) groups is 2. The Hall–Kier alpha value is -3.31. The van der Waals surface area contributed by atoms with Crippen molar-refractivity contribution < 1.29 is 19.2 Å². The van der Waals surface area contributed by atoms with Gasteiger partial charge in [-0.15, -0.1) is 11.3 Å². The van der Waals surface area contributed by atoms with Crippen LogP contribution in [0.4, 0.5) is 11.4 Å². The highest BCUT2D eigenvalue weighted by atomic mass is 35.5. The van der Waals surface area contributed by atoms with Crippen LogP contribution in [0.3, 0.4) is 0 Å². The van der Waals surface area contributed by atoms with Gasteiger partial charge in [-0.1, -0.05) is 18.0 Å². The Balaban J connectivity index is 1.51. The molecule has 1 aliphatic heterocycles. The molecule has 0 fully saturated rings. The second-order valence-electron chi connectivity index (χ2n) is 7.57. The number of rotatable bonds is 5. The molecule has 0 radical (unpaired) electrons. The molecule has 1 aromatic carbocycles. The number of aryl methyl sites for hydroxylation is 2. The van der Waals surface area contributed by atoms with E-state index in [1.807, 2.05) is 0 Å². The number of carbonyl (C=O) groups excluding carboxylic acids is 2. The molecule has 1 N–H and O–H groups in total. The molecule has 172 valence electrons. The Bertz CT molecular complexity index is 1350. The summed E-state index contributed by atoms with van der Waals surface area (Å²) in [5, 5.41) is 14.0. The molecule has 0 saturated heterocycles. The number of anilines is 1. The third kappa shape index (κ3) is 4.60. The second-order valence-corrected chi connectivity index (χ2v) is 9.01. The Labute approximate surface area is 196 Å². The van der Waals surface area contributed by atoms with Gasteiger partial charge in [0.05, 0.1) is 10.3 Å². The fourth-order valence-electron chi connectivity index (χ4n) is 3.75. The predicted octanol–water partition coefficient (Wildman–Crippen LogP) is 3.85. The highest BCUT2D eigenvalue weighted by Gasteiger charge is 2.24. The second kappa shape index (κ2) is 9.28. The lowest BCUT2D eigenvalue weighted by Crippen LogP contribution is -2.24. The molecule has 33 heavy (non-hydrogen) atoms. The molecule has 0 unspecified atom stereocenters. The molecule has 0 aliphatic carbocycles. The summed E-state index contributed by atoms with van der Waals surface area (Å²) >= 11 is 6.82. The standard InChI is InChI=1S/C21H19ClN4O6S/c1-11-17-19(24-15-5-3-2-4-8-25(15)20(17)28)33-18(11)21(29)32-10-16(27)23-13-7-6-12(22)9-14(13)26(30)31/h6-7,9H,2-5,8,10H2,1H3,(H,23,27). The molecule has 1 aliphatic rings. The Kier molecular flexibility index (Phi) is 6.43. The topological polar surface area (TPSA) is 133 Å². The van der Waals surface area contributed by atoms with Crippen molar-refractivity contribution in [3.8, 4) is 0 Å². The van der Waals surface area contributed by atoms with Gasteiger partial charge in [0.15, 0.2) is 6.61 Å². The Morgan fingerprint density at radius 3 is 2.88 bits per heavy atom. The van der Waals surface area contributed by atoms with Gasteiger partial charge >= 0.3 is 5.97 Å². The van der Waals surface area contributed by atoms with Crippen LogP contribution in [0.2, 0.25) is 5.02 Å². The molecule has 0 bridgehead atoms. The minimum Gasteiger partial charge on any atom is -0.451 e. The number of fused-ring (bicyclic) bond motifs is 2. The van der Waals surface area contributed by atoms with Crippen LogP contribution < -0.4 is 10.9 Å². The SMILES string of the molecule is Cc1c(C(=O)OCC(=O)Nc2ccc(Cl)cc2[N+](=O)[O-])sc2nc3n(c(=O)c12)CCCCC3. The normalized spacial score (nSPS) is 13.3. The van der Waals surface area contributed by atoms with Crippen LogP contribution in [0.15, 0.2) is 23.0 Å². The number of hydrogen-bond acceptors (Lipinski definition) is 8. The summed E-state index contributed by atoms with van der Waals surface area (Å²) in [5.74, 6) is -0.802. The Morgan fingerprint density at radius 2 is 2.12 bits per heavy atom. The van der Waals surface area contributed by atoms with Crippen molar-refractivity contribution in [3.63, 3.8) is 0 Å². The molecule has 3 aromatic rings. The van der Waals surface area contributed by atoms with Crippen molar-refractivity contribution in [3.05, 3.63) is 60.0 Å². The molecule has 10 nitrogen and oxygen atoms in total. The van der Waals surface area contributed by atoms with Crippen LogP contribution in [0.1, 0.15) is 40.3 Å². The third-order valence-electron chi connectivity index (χ3n) is 5.36. The summed E-state index contributed by atoms with van der Waals surface area (Å²) in [4.78, 5) is 53.6. The van der Waals surface area contributed by atoms with Gasteiger partial charge in [-0.3, -0.25) is 24.3 Å². The molecule has 4 rings (SSSR count). The number of nitrogens with one attached hydrogen (secondary N) is 1. The number of esters is 1. The largest absolute Gasteiger partial charge is 0.451 e. The van der Waals surface area contributed by atoms with Gasteiger partial charge < -0.3 is 10.1 Å². The zero-order valence-electron chi connectivity index (χ0n) is 17.6. The smallest absolute Gasteiger partial charge is 0.349 e. The lowest BCUT2D eigenvalue weighted by molar-refractivity contribution is -0.383. The van der Waals surface area contributed by atoms with E-state index in [9.17, 15) is 24.5 Å². The van der Waals surface area contributed by atoms with Gasteiger partial charge in [0.25, 0.3) is 17.2 Å². The number of thiophene rings is 1. The molecule has 1 amide bonds. The van der Waals surface area contributed by atoms with E-state index in [-0.39, 0.29) is 26.8 Å². The van der Waals surface area contributed by atoms with E-state index in [0.29, 0.717) is 28.7 Å². The number of benzene rings is 1. The zero-order chi connectivity index (χ0) is 23.7. The number of nitro groups is 1. The number of amides is 1. The van der Waals surface area contributed by atoms with E-state index in [1.54, 1.807) is 11.5 Å². The first kappa shape index (κ1) is 22.9. The van der Waals surface area contributed by atoms with E-state index >= 15 is 0 Å². The number of halogens is 1. The fraction of sp³-hybridized carbons (Fsp3) is 0.333. The van der Waals surface area contributed by atoms with Crippen LogP contribution >= 0.6 is 22.9 Å². The van der Waals surface area contributed by atoms with Crippen LogP contribution in [-0.4, -0.2) is 33.0 Å². The number of hydrogen-bond donors (Lipinski definition) is 1. The van der Waals surface area contributed by atoms with E-state index in [0.717, 1.165) is 42.5 Å². The van der Waals surface area contributed by atoms with Gasteiger partial charge in [0, 0.05) is 24.1 Å².